The largest absolute Gasteiger partial charge is 0.398 e. The van der Waals surface area contributed by atoms with Crippen LogP contribution in [0, 0.1) is 6.92 Å². The number of carbonyl (C=O) groups excluding carboxylic acids is 2. The predicted molar refractivity (Wildman–Crippen MR) is 69.1 cm³/mol. The average molecular weight is 247 g/mol. The monoisotopic (exact) mass is 247 g/mol. The minimum atomic E-state index is -0.179. The number of benzene rings is 1. The van der Waals surface area contributed by atoms with Crippen molar-refractivity contribution in [2.75, 3.05) is 12.3 Å². The lowest BCUT2D eigenvalue weighted by atomic mass is 10.0. The minimum Gasteiger partial charge on any atom is -0.398 e. The molecule has 18 heavy (non-hydrogen) atoms. The Labute approximate surface area is 106 Å². The minimum absolute atomic E-state index is 0.0185. The summed E-state index contributed by atoms with van der Waals surface area (Å²) >= 11 is 0. The van der Waals surface area contributed by atoms with Crippen LogP contribution in [0.15, 0.2) is 18.2 Å². The second-order valence-corrected chi connectivity index (χ2v) is 4.58. The Morgan fingerprint density at radius 3 is 2.94 bits per heavy atom. The molecule has 1 aliphatic rings. The average Bonchev–Trinajstić information content (AvgIpc) is 2.32. The Morgan fingerprint density at radius 1 is 1.50 bits per heavy atom. The molecule has 0 aliphatic carbocycles. The van der Waals surface area contributed by atoms with Crippen molar-refractivity contribution in [3.8, 4) is 0 Å². The Kier molecular flexibility index (Phi) is 3.50. The van der Waals surface area contributed by atoms with Gasteiger partial charge in [-0.3, -0.25) is 9.59 Å². The van der Waals surface area contributed by atoms with Gasteiger partial charge in [0.1, 0.15) is 0 Å². The van der Waals surface area contributed by atoms with Crippen LogP contribution in [0.5, 0.6) is 0 Å². The number of hydrogen-bond acceptors (Lipinski definition) is 3. The van der Waals surface area contributed by atoms with Crippen LogP contribution in [0.1, 0.15) is 28.8 Å². The Morgan fingerprint density at radius 2 is 2.28 bits per heavy atom. The Hall–Kier alpha value is -2.04. The van der Waals surface area contributed by atoms with Gasteiger partial charge >= 0.3 is 0 Å². The van der Waals surface area contributed by atoms with Crippen LogP contribution in [0.2, 0.25) is 0 Å². The molecule has 5 nitrogen and oxygen atoms in total. The van der Waals surface area contributed by atoms with E-state index in [4.69, 9.17) is 5.73 Å². The first-order chi connectivity index (χ1) is 8.56. The molecule has 1 heterocycles. The van der Waals surface area contributed by atoms with E-state index in [1.807, 2.05) is 13.0 Å². The molecule has 5 heteroatoms. The second kappa shape index (κ2) is 5.08. The first kappa shape index (κ1) is 12.4. The van der Waals surface area contributed by atoms with Gasteiger partial charge < -0.3 is 16.4 Å². The topological polar surface area (TPSA) is 84.2 Å². The van der Waals surface area contributed by atoms with E-state index < -0.39 is 0 Å². The summed E-state index contributed by atoms with van der Waals surface area (Å²) in [6.45, 7) is 2.50. The summed E-state index contributed by atoms with van der Waals surface area (Å²) in [6.07, 6.45) is 1.10. The van der Waals surface area contributed by atoms with Crippen molar-refractivity contribution >= 4 is 17.5 Å². The van der Waals surface area contributed by atoms with E-state index in [-0.39, 0.29) is 17.9 Å². The lowest BCUT2D eigenvalue weighted by Crippen LogP contribution is -2.45. The Balaban J connectivity index is 2.02. The van der Waals surface area contributed by atoms with Crippen LogP contribution in [0.3, 0.4) is 0 Å². The summed E-state index contributed by atoms with van der Waals surface area (Å²) in [7, 11) is 0. The summed E-state index contributed by atoms with van der Waals surface area (Å²) in [4.78, 5) is 23.2. The maximum atomic E-state index is 12.0. The molecule has 0 bridgehead atoms. The summed E-state index contributed by atoms with van der Waals surface area (Å²) in [5.41, 5.74) is 7.85. The highest BCUT2D eigenvalue weighted by Gasteiger charge is 2.21. The standard InChI is InChI=1S/C13H17N3O2/c1-8-2-3-9(6-11(8)14)13(18)16-10-4-5-15-12(17)7-10/h2-3,6,10H,4-5,7,14H2,1H3,(H,15,17)(H,16,18). The molecule has 0 radical (unpaired) electrons. The molecule has 1 aliphatic heterocycles. The molecular formula is C13H17N3O2. The van der Waals surface area contributed by atoms with E-state index in [2.05, 4.69) is 10.6 Å². The maximum absolute atomic E-state index is 12.0. The van der Waals surface area contributed by atoms with E-state index in [0.717, 1.165) is 12.0 Å². The number of amides is 2. The van der Waals surface area contributed by atoms with Gasteiger partial charge in [0.15, 0.2) is 0 Å². The number of hydrogen-bond donors (Lipinski definition) is 3. The molecule has 0 aromatic heterocycles. The van der Waals surface area contributed by atoms with Crippen LogP contribution in [-0.4, -0.2) is 24.4 Å². The second-order valence-electron chi connectivity index (χ2n) is 4.58. The van der Waals surface area contributed by atoms with E-state index in [9.17, 15) is 9.59 Å². The van der Waals surface area contributed by atoms with E-state index in [1.54, 1.807) is 12.1 Å². The highest BCUT2D eigenvalue weighted by atomic mass is 16.2. The van der Waals surface area contributed by atoms with Crippen molar-refractivity contribution in [1.82, 2.24) is 10.6 Å². The van der Waals surface area contributed by atoms with Crippen molar-refractivity contribution < 1.29 is 9.59 Å². The SMILES string of the molecule is Cc1ccc(C(=O)NC2CCNC(=O)C2)cc1N. The molecule has 2 rings (SSSR count). The van der Waals surface area contributed by atoms with Gasteiger partial charge in [0.2, 0.25) is 5.91 Å². The maximum Gasteiger partial charge on any atom is 0.251 e. The summed E-state index contributed by atoms with van der Waals surface area (Å²) < 4.78 is 0. The van der Waals surface area contributed by atoms with Gasteiger partial charge in [-0.1, -0.05) is 6.07 Å². The molecule has 1 fully saturated rings. The van der Waals surface area contributed by atoms with Crippen molar-refractivity contribution in [3.63, 3.8) is 0 Å². The van der Waals surface area contributed by atoms with Gasteiger partial charge in [0.25, 0.3) is 5.91 Å². The number of aryl methyl sites for hydroxylation is 1. The number of nitrogens with one attached hydrogen (secondary N) is 2. The predicted octanol–water partition coefficient (Wildman–Crippen LogP) is 0.586. The van der Waals surface area contributed by atoms with E-state index in [0.29, 0.717) is 24.2 Å². The van der Waals surface area contributed by atoms with Crippen LogP contribution >= 0.6 is 0 Å². The van der Waals surface area contributed by atoms with Crippen LogP contribution in [0.25, 0.3) is 0 Å². The van der Waals surface area contributed by atoms with Gasteiger partial charge in [0, 0.05) is 30.3 Å². The first-order valence-electron chi connectivity index (χ1n) is 6.00. The molecule has 0 saturated carbocycles. The van der Waals surface area contributed by atoms with Gasteiger partial charge in [-0.25, -0.2) is 0 Å². The van der Waals surface area contributed by atoms with Crippen LogP contribution in [0.4, 0.5) is 5.69 Å². The third kappa shape index (κ3) is 2.80. The fourth-order valence-electron chi connectivity index (χ4n) is 1.96. The van der Waals surface area contributed by atoms with Gasteiger partial charge in [-0.15, -0.1) is 0 Å². The summed E-state index contributed by atoms with van der Waals surface area (Å²) in [5, 5.41) is 5.59. The van der Waals surface area contributed by atoms with Crippen molar-refractivity contribution in [1.29, 1.82) is 0 Å². The molecule has 2 amide bonds. The normalized spacial score (nSPS) is 19.2. The van der Waals surface area contributed by atoms with Gasteiger partial charge in [0.05, 0.1) is 0 Å². The number of rotatable bonds is 2. The third-order valence-electron chi connectivity index (χ3n) is 3.12. The van der Waals surface area contributed by atoms with Gasteiger partial charge in [-0.05, 0) is 31.0 Å². The molecule has 96 valence electrons. The molecule has 0 spiro atoms. The smallest absolute Gasteiger partial charge is 0.251 e. The van der Waals surface area contributed by atoms with E-state index >= 15 is 0 Å². The van der Waals surface area contributed by atoms with Crippen LogP contribution < -0.4 is 16.4 Å². The summed E-state index contributed by atoms with van der Waals surface area (Å²) in [5.74, 6) is -0.198. The molecule has 4 N–H and O–H groups in total. The zero-order valence-electron chi connectivity index (χ0n) is 10.3. The number of carbonyl (C=O) groups is 2. The first-order valence-corrected chi connectivity index (χ1v) is 6.00. The molecule has 1 aromatic rings. The number of piperidine rings is 1. The lowest BCUT2D eigenvalue weighted by molar-refractivity contribution is -0.122. The number of nitrogen functional groups attached to an aromatic ring is 1. The lowest BCUT2D eigenvalue weighted by Gasteiger charge is -2.23. The molecule has 1 aromatic carbocycles. The molecule has 1 unspecified atom stereocenters. The van der Waals surface area contributed by atoms with Crippen molar-refractivity contribution in [3.05, 3.63) is 29.3 Å². The summed E-state index contributed by atoms with van der Waals surface area (Å²) in [6, 6.07) is 5.13. The Bertz CT molecular complexity index is 485. The van der Waals surface area contributed by atoms with E-state index in [1.165, 1.54) is 0 Å². The number of nitrogens with two attached hydrogens (primary N) is 1. The fourth-order valence-corrected chi connectivity index (χ4v) is 1.96. The molecule has 1 atom stereocenters. The van der Waals surface area contributed by atoms with Crippen molar-refractivity contribution in [2.45, 2.75) is 25.8 Å². The third-order valence-corrected chi connectivity index (χ3v) is 3.12. The highest BCUT2D eigenvalue weighted by molar-refractivity contribution is 5.95. The van der Waals surface area contributed by atoms with Crippen LogP contribution in [-0.2, 0) is 4.79 Å². The zero-order valence-corrected chi connectivity index (χ0v) is 10.3. The zero-order chi connectivity index (χ0) is 13.1. The number of anilines is 1. The quantitative estimate of drug-likeness (QED) is 0.669. The molecular weight excluding hydrogens is 230 g/mol. The fraction of sp³-hybridized carbons (Fsp3) is 0.385. The van der Waals surface area contributed by atoms with Crippen molar-refractivity contribution in [2.24, 2.45) is 0 Å². The highest BCUT2D eigenvalue weighted by Crippen LogP contribution is 2.13. The molecule has 1 saturated heterocycles. The van der Waals surface area contributed by atoms with Gasteiger partial charge in [-0.2, -0.15) is 0 Å².